The van der Waals surface area contributed by atoms with E-state index in [1.54, 1.807) is 23.2 Å². The summed E-state index contributed by atoms with van der Waals surface area (Å²) >= 11 is 0. The summed E-state index contributed by atoms with van der Waals surface area (Å²) in [4.78, 5) is 25.2. The first-order valence-corrected chi connectivity index (χ1v) is 10.7. The molecule has 0 bridgehead atoms. The van der Waals surface area contributed by atoms with Gasteiger partial charge in [0, 0.05) is 61.1 Å². The second-order valence-corrected chi connectivity index (χ2v) is 7.85. The van der Waals surface area contributed by atoms with Gasteiger partial charge in [0.15, 0.2) is 0 Å². The first kappa shape index (κ1) is 20.5. The number of carbonyl (C=O) groups is 1. The maximum atomic E-state index is 12.2. The van der Waals surface area contributed by atoms with Crippen molar-refractivity contribution in [3.8, 4) is 23.6 Å². The number of hydrogen-bond donors (Lipinski definition) is 2. The molecule has 33 heavy (non-hydrogen) atoms. The predicted molar refractivity (Wildman–Crippen MR) is 126 cm³/mol. The van der Waals surface area contributed by atoms with Gasteiger partial charge in [0.1, 0.15) is 17.4 Å². The van der Waals surface area contributed by atoms with Gasteiger partial charge in [-0.3, -0.25) is 4.79 Å². The number of aryl methyl sites for hydroxylation is 1. The second-order valence-electron chi connectivity index (χ2n) is 7.85. The molecule has 8 nitrogen and oxygen atoms in total. The van der Waals surface area contributed by atoms with E-state index < -0.39 is 0 Å². The van der Waals surface area contributed by atoms with Crippen molar-refractivity contribution in [2.45, 2.75) is 12.8 Å². The molecule has 8 heteroatoms. The third kappa shape index (κ3) is 4.48. The third-order valence-corrected chi connectivity index (χ3v) is 5.39. The molecule has 1 fully saturated rings. The molecule has 0 aliphatic heterocycles. The van der Waals surface area contributed by atoms with Crippen LogP contribution in [0.15, 0.2) is 55.1 Å². The molecule has 0 saturated heterocycles. The summed E-state index contributed by atoms with van der Waals surface area (Å²) in [6.07, 6.45) is 8.83. The van der Waals surface area contributed by atoms with Crippen LogP contribution in [-0.2, 0) is 11.8 Å². The smallest absolute Gasteiger partial charge is 0.301 e. The zero-order valence-corrected chi connectivity index (χ0v) is 18.3. The molecule has 2 N–H and O–H groups in total. The fourth-order valence-electron chi connectivity index (χ4n) is 3.38. The molecule has 0 atom stereocenters. The normalized spacial score (nSPS) is 12.7. The third-order valence-electron chi connectivity index (χ3n) is 5.39. The summed E-state index contributed by atoms with van der Waals surface area (Å²) in [5.41, 5.74) is 1.59. The van der Waals surface area contributed by atoms with Crippen molar-refractivity contribution >= 4 is 28.3 Å². The van der Waals surface area contributed by atoms with E-state index in [0.717, 1.165) is 34.7 Å². The number of rotatable bonds is 5. The first-order chi connectivity index (χ1) is 16.1. The number of pyridine rings is 2. The van der Waals surface area contributed by atoms with Gasteiger partial charge in [-0.25, -0.2) is 15.0 Å². The Morgan fingerprint density at radius 1 is 1.09 bits per heavy atom. The number of nitrogens with one attached hydrogen (secondary N) is 2. The minimum atomic E-state index is 0.0187. The van der Waals surface area contributed by atoms with Gasteiger partial charge in [0.2, 0.25) is 5.91 Å². The highest BCUT2D eigenvalue weighted by molar-refractivity contribution is 5.99. The lowest BCUT2D eigenvalue weighted by molar-refractivity contribution is -0.117. The van der Waals surface area contributed by atoms with E-state index in [-0.39, 0.29) is 11.8 Å². The second kappa shape index (κ2) is 8.63. The number of carbonyl (C=O) groups excluding carboxylic acids is 1. The number of aromatic nitrogens is 4. The van der Waals surface area contributed by atoms with Crippen molar-refractivity contribution in [2.75, 3.05) is 17.7 Å². The standard InChI is InChI=1S/C25H22N6O2/c1-26-23-21-15-28-22(30-24(32)17-7-8-17)13-20(21)18(14-29-23)6-3-16-4-9-19(10-5-16)33-25-27-11-12-31(25)2/h4-5,9-15,17H,7-8H2,1-2H3,(H,26,29)(H,28,30,32). The minimum absolute atomic E-state index is 0.0187. The van der Waals surface area contributed by atoms with E-state index >= 15 is 0 Å². The maximum Gasteiger partial charge on any atom is 0.301 e. The van der Waals surface area contributed by atoms with E-state index in [0.29, 0.717) is 23.4 Å². The van der Waals surface area contributed by atoms with E-state index in [2.05, 4.69) is 37.4 Å². The first-order valence-electron chi connectivity index (χ1n) is 10.7. The van der Waals surface area contributed by atoms with E-state index in [1.165, 1.54) is 0 Å². The molecule has 0 radical (unpaired) electrons. The molecule has 1 saturated carbocycles. The van der Waals surface area contributed by atoms with Crippen molar-refractivity contribution in [3.05, 3.63) is 66.2 Å². The van der Waals surface area contributed by atoms with Crippen LogP contribution in [-0.4, -0.2) is 32.5 Å². The number of nitrogens with zero attached hydrogens (tertiary/aromatic N) is 4. The summed E-state index contributed by atoms with van der Waals surface area (Å²) in [7, 11) is 3.68. The van der Waals surface area contributed by atoms with Gasteiger partial charge in [0.05, 0.1) is 5.56 Å². The van der Waals surface area contributed by atoms with Crippen LogP contribution in [0.1, 0.15) is 24.0 Å². The Morgan fingerprint density at radius 3 is 2.61 bits per heavy atom. The van der Waals surface area contributed by atoms with Crippen molar-refractivity contribution in [3.63, 3.8) is 0 Å². The number of amides is 1. The molecule has 1 aromatic carbocycles. The minimum Gasteiger partial charge on any atom is -0.426 e. The summed E-state index contributed by atoms with van der Waals surface area (Å²) in [5, 5.41) is 7.70. The summed E-state index contributed by atoms with van der Waals surface area (Å²) < 4.78 is 7.56. The Morgan fingerprint density at radius 2 is 1.91 bits per heavy atom. The number of benzene rings is 1. The summed E-state index contributed by atoms with van der Waals surface area (Å²) in [6.45, 7) is 0. The SMILES string of the molecule is CNc1ncc(C#Cc2ccc(Oc3nccn3C)cc2)c2cc(NC(=O)C3CC3)ncc12. The molecule has 0 unspecified atom stereocenters. The van der Waals surface area contributed by atoms with Crippen LogP contribution in [0.25, 0.3) is 10.8 Å². The molecule has 0 spiro atoms. The van der Waals surface area contributed by atoms with Crippen molar-refractivity contribution in [1.82, 2.24) is 19.5 Å². The number of ether oxygens (including phenoxy) is 1. The average molecular weight is 438 g/mol. The van der Waals surface area contributed by atoms with Crippen molar-refractivity contribution in [2.24, 2.45) is 13.0 Å². The molecule has 164 valence electrons. The average Bonchev–Trinajstić information content (AvgIpc) is 3.61. The highest BCUT2D eigenvalue weighted by Gasteiger charge is 2.29. The zero-order chi connectivity index (χ0) is 22.8. The molecule has 1 aliphatic rings. The van der Waals surface area contributed by atoms with E-state index in [4.69, 9.17) is 4.74 Å². The largest absolute Gasteiger partial charge is 0.426 e. The molecule has 3 aromatic heterocycles. The number of imidazole rings is 1. The van der Waals surface area contributed by atoms with Gasteiger partial charge in [-0.1, -0.05) is 11.8 Å². The molecular formula is C25H22N6O2. The maximum absolute atomic E-state index is 12.2. The lowest BCUT2D eigenvalue weighted by atomic mass is 10.1. The lowest BCUT2D eigenvalue weighted by Gasteiger charge is -2.09. The topological polar surface area (TPSA) is 94.0 Å². The number of hydrogen-bond acceptors (Lipinski definition) is 6. The van der Waals surface area contributed by atoms with Gasteiger partial charge in [-0.2, -0.15) is 0 Å². The van der Waals surface area contributed by atoms with Crippen LogP contribution < -0.4 is 15.4 Å². The van der Waals surface area contributed by atoms with E-state index in [1.807, 2.05) is 50.6 Å². The molecule has 5 rings (SSSR count). The molecule has 3 heterocycles. The van der Waals surface area contributed by atoms with Gasteiger partial charge in [-0.05, 0) is 43.2 Å². The number of anilines is 2. The molecule has 4 aromatic rings. The van der Waals surface area contributed by atoms with Crippen LogP contribution in [0.4, 0.5) is 11.6 Å². The quantitative estimate of drug-likeness (QED) is 0.459. The van der Waals surface area contributed by atoms with Crippen LogP contribution in [0.5, 0.6) is 11.8 Å². The Balaban J connectivity index is 1.42. The van der Waals surface area contributed by atoms with Crippen molar-refractivity contribution in [1.29, 1.82) is 0 Å². The Hall–Kier alpha value is -4.38. The van der Waals surface area contributed by atoms with Gasteiger partial charge in [0.25, 0.3) is 0 Å². The lowest BCUT2D eigenvalue weighted by Crippen LogP contribution is -2.14. The molecular weight excluding hydrogens is 416 g/mol. The Labute approximate surface area is 191 Å². The highest BCUT2D eigenvalue weighted by Crippen LogP contribution is 2.31. The van der Waals surface area contributed by atoms with Crippen LogP contribution in [0.3, 0.4) is 0 Å². The summed E-state index contributed by atoms with van der Waals surface area (Å²) in [6, 6.07) is 9.88. The fourth-order valence-corrected chi connectivity index (χ4v) is 3.38. The molecule has 1 aliphatic carbocycles. The highest BCUT2D eigenvalue weighted by atomic mass is 16.5. The van der Waals surface area contributed by atoms with E-state index in [9.17, 15) is 4.79 Å². The zero-order valence-electron chi connectivity index (χ0n) is 18.3. The number of fused-ring (bicyclic) bond motifs is 1. The van der Waals surface area contributed by atoms with Gasteiger partial charge in [-0.15, -0.1) is 0 Å². The van der Waals surface area contributed by atoms with Gasteiger partial charge < -0.3 is 19.9 Å². The predicted octanol–water partition coefficient (Wildman–Crippen LogP) is 3.95. The van der Waals surface area contributed by atoms with Crippen LogP contribution in [0, 0.1) is 17.8 Å². The fraction of sp³-hybridized carbons (Fsp3) is 0.200. The molecule has 1 amide bonds. The summed E-state index contributed by atoms with van der Waals surface area (Å²) in [5.74, 6) is 8.43. The van der Waals surface area contributed by atoms with Crippen LogP contribution >= 0.6 is 0 Å². The Bertz CT molecular complexity index is 1390. The van der Waals surface area contributed by atoms with Crippen molar-refractivity contribution < 1.29 is 9.53 Å². The van der Waals surface area contributed by atoms with Gasteiger partial charge >= 0.3 is 6.01 Å². The van der Waals surface area contributed by atoms with Crippen LogP contribution in [0.2, 0.25) is 0 Å². The Kier molecular flexibility index (Phi) is 5.37. The monoisotopic (exact) mass is 438 g/mol.